The van der Waals surface area contributed by atoms with Crippen LogP contribution in [0.5, 0.6) is 0 Å². The molecule has 0 fully saturated rings. The number of nitrogens with two attached hydrogens (primary N) is 1. The molecule has 0 saturated heterocycles. The van der Waals surface area contributed by atoms with Gasteiger partial charge in [0.25, 0.3) is 0 Å². The van der Waals surface area contributed by atoms with Gasteiger partial charge >= 0.3 is 0 Å². The number of benzene rings is 2. The number of hydrogen-bond acceptors (Lipinski definition) is 1. The first-order valence-corrected chi connectivity index (χ1v) is 6.83. The number of hydrogen-bond donors (Lipinski definition) is 1. The largest absolute Gasteiger partial charge is 0.397 e. The molecule has 0 radical (unpaired) electrons. The monoisotopic (exact) mass is 277 g/mol. The van der Waals surface area contributed by atoms with E-state index in [1.54, 1.807) is 0 Å². The van der Waals surface area contributed by atoms with Crippen LogP contribution in [0.2, 0.25) is 5.02 Å². The third-order valence-corrected chi connectivity index (χ3v) is 3.49. The fourth-order valence-corrected chi connectivity index (χ4v) is 2.26. The van der Waals surface area contributed by atoms with Crippen molar-refractivity contribution in [1.29, 1.82) is 0 Å². The molecule has 0 amide bonds. The predicted octanol–water partition coefficient (Wildman–Crippen LogP) is 5.07. The number of halogens is 2. The SMILES string of the molecule is CCCCc1ccc(-c2cc(F)cc(Cl)c2N)cc1. The van der Waals surface area contributed by atoms with Gasteiger partial charge in [-0.3, -0.25) is 0 Å². The van der Waals surface area contributed by atoms with Gasteiger partial charge in [0.15, 0.2) is 0 Å². The Bertz CT molecular complexity index is 564. The molecule has 3 heteroatoms. The van der Waals surface area contributed by atoms with Crippen molar-refractivity contribution >= 4 is 17.3 Å². The Morgan fingerprint density at radius 2 is 1.84 bits per heavy atom. The Balaban J connectivity index is 2.32. The molecule has 0 unspecified atom stereocenters. The zero-order valence-corrected chi connectivity index (χ0v) is 11.7. The van der Waals surface area contributed by atoms with Crippen LogP contribution in [0.15, 0.2) is 36.4 Å². The van der Waals surface area contributed by atoms with E-state index < -0.39 is 0 Å². The molecule has 0 spiro atoms. The summed E-state index contributed by atoms with van der Waals surface area (Å²) < 4.78 is 13.4. The van der Waals surface area contributed by atoms with Crippen LogP contribution in [0.1, 0.15) is 25.3 Å². The number of unbranched alkanes of at least 4 members (excludes halogenated alkanes) is 1. The quantitative estimate of drug-likeness (QED) is 0.776. The first kappa shape index (κ1) is 13.9. The minimum atomic E-state index is -0.371. The van der Waals surface area contributed by atoms with E-state index >= 15 is 0 Å². The third kappa shape index (κ3) is 3.27. The molecule has 0 aliphatic rings. The lowest BCUT2D eigenvalue weighted by molar-refractivity contribution is 0.628. The molecule has 0 heterocycles. The zero-order chi connectivity index (χ0) is 13.8. The summed E-state index contributed by atoms with van der Waals surface area (Å²) in [7, 11) is 0. The molecular formula is C16H17ClFN. The second-order valence-electron chi connectivity index (χ2n) is 4.65. The van der Waals surface area contributed by atoms with Gasteiger partial charge in [-0.05, 0) is 36.1 Å². The summed E-state index contributed by atoms with van der Waals surface area (Å²) in [5.74, 6) is -0.371. The number of nitrogen functional groups attached to an aromatic ring is 1. The molecule has 19 heavy (non-hydrogen) atoms. The van der Waals surface area contributed by atoms with E-state index in [4.69, 9.17) is 17.3 Å². The molecule has 0 aromatic heterocycles. The summed E-state index contributed by atoms with van der Waals surface area (Å²) in [6, 6.07) is 10.7. The first-order chi connectivity index (χ1) is 9.11. The van der Waals surface area contributed by atoms with Crippen LogP contribution in [0, 0.1) is 5.82 Å². The maximum absolute atomic E-state index is 13.4. The average Bonchev–Trinajstić information content (AvgIpc) is 2.41. The molecular weight excluding hydrogens is 261 g/mol. The van der Waals surface area contributed by atoms with E-state index in [-0.39, 0.29) is 10.8 Å². The molecule has 2 aromatic rings. The van der Waals surface area contributed by atoms with Gasteiger partial charge in [0.1, 0.15) is 5.82 Å². The Kier molecular flexibility index (Phi) is 4.43. The summed E-state index contributed by atoms with van der Waals surface area (Å²) in [5.41, 5.74) is 9.14. The van der Waals surface area contributed by atoms with Crippen LogP contribution in [0.25, 0.3) is 11.1 Å². The van der Waals surface area contributed by atoms with E-state index in [0.29, 0.717) is 11.3 Å². The normalized spacial score (nSPS) is 10.7. The summed E-state index contributed by atoms with van der Waals surface area (Å²) in [5, 5.41) is 0.255. The van der Waals surface area contributed by atoms with Crippen LogP contribution in [-0.4, -0.2) is 0 Å². The van der Waals surface area contributed by atoms with Crippen molar-refractivity contribution in [3.8, 4) is 11.1 Å². The van der Waals surface area contributed by atoms with Gasteiger partial charge in [0.2, 0.25) is 0 Å². The van der Waals surface area contributed by atoms with Gasteiger partial charge in [0, 0.05) is 5.56 Å². The molecule has 2 N–H and O–H groups in total. The Morgan fingerprint density at radius 3 is 2.47 bits per heavy atom. The van der Waals surface area contributed by atoms with E-state index in [2.05, 4.69) is 19.1 Å². The number of anilines is 1. The first-order valence-electron chi connectivity index (χ1n) is 6.45. The van der Waals surface area contributed by atoms with Gasteiger partial charge < -0.3 is 5.73 Å². The van der Waals surface area contributed by atoms with Crippen LogP contribution in [0.3, 0.4) is 0 Å². The minimum absolute atomic E-state index is 0.255. The van der Waals surface area contributed by atoms with Crippen LogP contribution >= 0.6 is 11.6 Å². The highest BCUT2D eigenvalue weighted by molar-refractivity contribution is 6.33. The van der Waals surface area contributed by atoms with Crippen molar-refractivity contribution in [2.45, 2.75) is 26.2 Å². The van der Waals surface area contributed by atoms with Gasteiger partial charge in [-0.25, -0.2) is 4.39 Å². The molecule has 0 atom stereocenters. The summed E-state index contributed by atoms with van der Waals surface area (Å²) in [4.78, 5) is 0. The Labute approximate surface area is 118 Å². The van der Waals surface area contributed by atoms with Gasteiger partial charge in [-0.1, -0.05) is 49.2 Å². The number of rotatable bonds is 4. The van der Waals surface area contributed by atoms with Crippen molar-refractivity contribution in [1.82, 2.24) is 0 Å². The summed E-state index contributed by atoms with van der Waals surface area (Å²) in [6.07, 6.45) is 3.41. The van der Waals surface area contributed by atoms with Crippen LogP contribution in [0.4, 0.5) is 10.1 Å². The van der Waals surface area contributed by atoms with Crippen molar-refractivity contribution in [3.63, 3.8) is 0 Å². The highest BCUT2D eigenvalue weighted by atomic mass is 35.5. The van der Waals surface area contributed by atoms with Crippen molar-refractivity contribution in [2.24, 2.45) is 0 Å². The molecule has 100 valence electrons. The molecule has 2 rings (SSSR count). The lowest BCUT2D eigenvalue weighted by atomic mass is 10.0. The van der Waals surface area contributed by atoms with E-state index in [1.807, 2.05) is 12.1 Å². The minimum Gasteiger partial charge on any atom is -0.397 e. The zero-order valence-electron chi connectivity index (χ0n) is 10.9. The van der Waals surface area contributed by atoms with Crippen LogP contribution in [-0.2, 0) is 6.42 Å². The maximum atomic E-state index is 13.4. The van der Waals surface area contributed by atoms with Crippen molar-refractivity contribution < 1.29 is 4.39 Å². The lowest BCUT2D eigenvalue weighted by Crippen LogP contribution is -1.93. The Hall–Kier alpha value is -1.54. The van der Waals surface area contributed by atoms with Crippen molar-refractivity contribution in [3.05, 3.63) is 52.8 Å². The summed E-state index contributed by atoms with van der Waals surface area (Å²) >= 11 is 5.90. The van der Waals surface area contributed by atoms with E-state index in [9.17, 15) is 4.39 Å². The number of aryl methyl sites for hydroxylation is 1. The van der Waals surface area contributed by atoms with Gasteiger partial charge in [0.05, 0.1) is 10.7 Å². The fraction of sp³-hybridized carbons (Fsp3) is 0.250. The standard InChI is InChI=1S/C16H17ClFN/c1-2-3-4-11-5-7-12(8-6-11)14-9-13(18)10-15(17)16(14)19/h5-10H,2-4,19H2,1H3. The highest BCUT2D eigenvalue weighted by Crippen LogP contribution is 2.32. The summed E-state index contributed by atoms with van der Waals surface area (Å²) in [6.45, 7) is 2.17. The molecule has 0 aliphatic carbocycles. The topological polar surface area (TPSA) is 26.0 Å². The highest BCUT2D eigenvalue weighted by Gasteiger charge is 2.08. The van der Waals surface area contributed by atoms with E-state index in [1.165, 1.54) is 30.5 Å². The third-order valence-electron chi connectivity index (χ3n) is 3.18. The van der Waals surface area contributed by atoms with Gasteiger partial charge in [-0.15, -0.1) is 0 Å². The molecule has 0 aliphatic heterocycles. The fourth-order valence-electron chi connectivity index (χ4n) is 2.06. The molecule has 1 nitrogen and oxygen atoms in total. The van der Waals surface area contributed by atoms with Gasteiger partial charge in [-0.2, -0.15) is 0 Å². The average molecular weight is 278 g/mol. The second-order valence-corrected chi connectivity index (χ2v) is 5.06. The lowest BCUT2D eigenvalue weighted by Gasteiger charge is -2.09. The van der Waals surface area contributed by atoms with Crippen LogP contribution < -0.4 is 5.73 Å². The smallest absolute Gasteiger partial charge is 0.125 e. The molecule has 0 bridgehead atoms. The maximum Gasteiger partial charge on any atom is 0.125 e. The second kappa shape index (κ2) is 6.07. The molecule has 2 aromatic carbocycles. The molecule has 0 saturated carbocycles. The Morgan fingerprint density at radius 1 is 1.16 bits per heavy atom. The predicted molar refractivity (Wildman–Crippen MR) is 79.9 cm³/mol. The van der Waals surface area contributed by atoms with Crippen molar-refractivity contribution in [2.75, 3.05) is 5.73 Å². The van der Waals surface area contributed by atoms with E-state index in [0.717, 1.165) is 12.0 Å².